The Morgan fingerprint density at radius 2 is 1.77 bits per heavy atom. The molecule has 0 aliphatic rings. The van der Waals surface area contributed by atoms with Crippen molar-refractivity contribution in [3.8, 4) is 0 Å². The maximum atomic E-state index is 5.91. The van der Waals surface area contributed by atoms with Crippen LogP contribution in [0.3, 0.4) is 0 Å². The zero-order valence-electron chi connectivity index (χ0n) is 6.33. The summed E-state index contributed by atoms with van der Waals surface area (Å²) in [5.41, 5.74) is 0.528. The van der Waals surface area contributed by atoms with Gasteiger partial charge in [-0.1, -0.05) is 58.5 Å². The molecule has 0 aromatic heterocycles. The molecule has 0 fully saturated rings. The number of rotatable bonds is 2. The highest BCUT2D eigenvalue weighted by Crippen LogP contribution is 2.41. The summed E-state index contributed by atoms with van der Waals surface area (Å²) in [4.78, 5) is 0. The van der Waals surface area contributed by atoms with Crippen LogP contribution in [0.1, 0.15) is 5.56 Å². The summed E-state index contributed by atoms with van der Waals surface area (Å²) in [6, 6.07) is 5.07. The highest BCUT2D eigenvalue weighted by molar-refractivity contribution is 6.52. The van der Waals surface area contributed by atoms with E-state index >= 15 is 0 Å². The summed E-state index contributed by atoms with van der Waals surface area (Å²) in [5, 5.41) is 0.754. The van der Waals surface area contributed by atoms with E-state index in [1.54, 1.807) is 18.2 Å². The van der Waals surface area contributed by atoms with Gasteiger partial charge in [0.25, 0.3) is 0 Å². The average molecular weight is 278 g/mol. The minimum absolute atomic E-state index is 0.0518. The molecular weight excluding hydrogens is 273 g/mol. The fraction of sp³-hybridized carbons (Fsp3) is 0.250. The van der Waals surface area contributed by atoms with Crippen molar-refractivity contribution < 1.29 is 0 Å². The molecule has 0 atom stereocenters. The first-order valence-electron chi connectivity index (χ1n) is 3.37. The molecule has 1 aromatic carbocycles. The quantitative estimate of drug-likeness (QED) is 0.678. The van der Waals surface area contributed by atoms with Gasteiger partial charge in [0.05, 0.1) is 15.9 Å². The third-order valence-electron chi connectivity index (χ3n) is 1.51. The Hall–Kier alpha value is 0.670. The molecule has 1 aromatic rings. The van der Waals surface area contributed by atoms with Crippen molar-refractivity contribution in [2.75, 3.05) is 5.88 Å². The van der Waals surface area contributed by atoms with Gasteiger partial charge in [-0.2, -0.15) is 0 Å². The monoisotopic (exact) mass is 276 g/mol. The van der Waals surface area contributed by atoms with Gasteiger partial charge in [0.15, 0.2) is 4.33 Å². The maximum absolute atomic E-state index is 5.91. The molecular formula is C8H5Cl5. The molecule has 0 unspecified atom stereocenters. The Kier molecular flexibility index (Phi) is 4.03. The summed E-state index contributed by atoms with van der Waals surface area (Å²) < 4.78 is -1.19. The molecule has 0 bridgehead atoms. The van der Waals surface area contributed by atoms with Crippen LogP contribution in [0.4, 0.5) is 0 Å². The lowest BCUT2D eigenvalue weighted by Crippen LogP contribution is -2.12. The zero-order valence-corrected chi connectivity index (χ0v) is 10.1. The molecule has 0 nitrogen and oxygen atoms in total. The second-order valence-corrected chi connectivity index (χ2v) is 4.98. The highest BCUT2D eigenvalue weighted by atomic mass is 35.5. The fourth-order valence-electron chi connectivity index (χ4n) is 0.858. The molecule has 0 amide bonds. The molecule has 0 heterocycles. The van der Waals surface area contributed by atoms with E-state index in [-0.39, 0.29) is 5.88 Å². The van der Waals surface area contributed by atoms with Crippen molar-refractivity contribution in [1.29, 1.82) is 0 Å². The number of hydrogen-bond donors (Lipinski definition) is 0. The topological polar surface area (TPSA) is 0 Å². The van der Waals surface area contributed by atoms with Gasteiger partial charge in [-0.15, -0.1) is 11.6 Å². The smallest absolute Gasteiger partial charge is 0.123 e. The van der Waals surface area contributed by atoms with E-state index in [0.29, 0.717) is 15.6 Å². The predicted octanol–water partition coefficient (Wildman–Crippen LogP) is 4.86. The lowest BCUT2D eigenvalue weighted by molar-refractivity contribution is 0.987. The first-order chi connectivity index (χ1) is 5.99. The lowest BCUT2D eigenvalue weighted by atomic mass is 10.1. The number of halogens is 5. The summed E-state index contributed by atoms with van der Waals surface area (Å²) in [5.74, 6) is 0.0518. The molecule has 0 spiro atoms. The summed E-state index contributed by atoms with van der Waals surface area (Å²) in [7, 11) is 0. The molecule has 0 radical (unpaired) electrons. The van der Waals surface area contributed by atoms with Crippen LogP contribution in [0.15, 0.2) is 18.2 Å². The minimum Gasteiger partial charge on any atom is -0.123 e. The number of hydrogen-bond acceptors (Lipinski definition) is 0. The van der Waals surface area contributed by atoms with Gasteiger partial charge in [0.2, 0.25) is 0 Å². The van der Waals surface area contributed by atoms with E-state index in [4.69, 9.17) is 58.0 Å². The molecule has 0 saturated heterocycles. The molecule has 13 heavy (non-hydrogen) atoms. The van der Waals surface area contributed by atoms with Gasteiger partial charge >= 0.3 is 0 Å². The lowest BCUT2D eigenvalue weighted by Gasteiger charge is -2.18. The van der Waals surface area contributed by atoms with E-state index in [0.717, 1.165) is 0 Å². The first kappa shape index (κ1) is 11.7. The Balaban J connectivity index is 3.22. The first-order valence-corrected chi connectivity index (χ1v) is 5.42. The minimum atomic E-state index is -1.19. The second-order valence-electron chi connectivity index (χ2n) is 2.44. The van der Waals surface area contributed by atoms with Crippen molar-refractivity contribution in [2.45, 2.75) is 4.33 Å². The molecule has 5 heteroatoms. The Labute approximate surface area is 102 Å². The molecule has 0 aliphatic carbocycles. The van der Waals surface area contributed by atoms with Crippen molar-refractivity contribution in [3.05, 3.63) is 33.8 Å². The van der Waals surface area contributed by atoms with E-state index < -0.39 is 4.33 Å². The van der Waals surface area contributed by atoms with Crippen LogP contribution in [0.5, 0.6) is 0 Å². The third-order valence-corrected chi connectivity index (χ3v) is 3.68. The van der Waals surface area contributed by atoms with Crippen LogP contribution in [-0.4, -0.2) is 5.88 Å². The van der Waals surface area contributed by atoms with Crippen LogP contribution in [0.2, 0.25) is 10.0 Å². The number of benzene rings is 1. The van der Waals surface area contributed by atoms with E-state index in [2.05, 4.69) is 0 Å². The molecule has 0 N–H and O–H groups in total. The van der Waals surface area contributed by atoms with Crippen LogP contribution in [0, 0.1) is 0 Å². The summed E-state index contributed by atoms with van der Waals surface area (Å²) in [6.45, 7) is 0. The highest BCUT2D eigenvalue weighted by Gasteiger charge is 2.28. The summed E-state index contributed by atoms with van der Waals surface area (Å²) >= 11 is 29.1. The van der Waals surface area contributed by atoms with Gasteiger partial charge < -0.3 is 0 Å². The van der Waals surface area contributed by atoms with Crippen LogP contribution in [-0.2, 0) is 4.33 Å². The Bertz CT molecular complexity index is 307. The largest absolute Gasteiger partial charge is 0.158 e. The van der Waals surface area contributed by atoms with Crippen LogP contribution >= 0.6 is 58.0 Å². The third kappa shape index (κ3) is 2.57. The van der Waals surface area contributed by atoms with E-state index in [9.17, 15) is 0 Å². The zero-order chi connectivity index (χ0) is 10.1. The Morgan fingerprint density at radius 3 is 2.31 bits per heavy atom. The van der Waals surface area contributed by atoms with Crippen LogP contribution in [0.25, 0.3) is 0 Å². The van der Waals surface area contributed by atoms with Gasteiger partial charge in [-0.3, -0.25) is 0 Å². The van der Waals surface area contributed by atoms with E-state index in [1.807, 2.05) is 0 Å². The second kappa shape index (κ2) is 4.46. The Morgan fingerprint density at radius 1 is 1.15 bits per heavy atom. The normalized spacial score (nSPS) is 11.8. The SMILES string of the molecule is ClCC(Cl)(Cl)c1cccc(Cl)c1Cl. The van der Waals surface area contributed by atoms with Crippen molar-refractivity contribution in [2.24, 2.45) is 0 Å². The van der Waals surface area contributed by atoms with Gasteiger partial charge in [-0.05, 0) is 6.07 Å². The molecule has 0 aliphatic heterocycles. The van der Waals surface area contributed by atoms with Gasteiger partial charge in [0, 0.05) is 5.56 Å². The van der Waals surface area contributed by atoms with E-state index in [1.165, 1.54) is 0 Å². The predicted molar refractivity (Wildman–Crippen MR) is 60.6 cm³/mol. The van der Waals surface area contributed by atoms with Gasteiger partial charge in [0.1, 0.15) is 0 Å². The fourth-order valence-corrected chi connectivity index (χ4v) is 1.88. The molecule has 72 valence electrons. The van der Waals surface area contributed by atoms with Crippen molar-refractivity contribution >= 4 is 58.0 Å². The van der Waals surface area contributed by atoms with Crippen LogP contribution < -0.4 is 0 Å². The van der Waals surface area contributed by atoms with Crippen molar-refractivity contribution in [3.63, 3.8) is 0 Å². The molecule has 0 saturated carbocycles. The summed E-state index contributed by atoms with van der Waals surface area (Å²) in [6.07, 6.45) is 0. The average Bonchev–Trinajstić information content (AvgIpc) is 2.09. The van der Waals surface area contributed by atoms with Crippen molar-refractivity contribution in [1.82, 2.24) is 0 Å². The molecule has 1 rings (SSSR count). The standard InChI is InChI=1S/C8H5Cl5/c9-4-8(12,13)5-2-1-3-6(10)7(5)11/h1-3H,4H2. The maximum Gasteiger partial charge on any atom is 0.158 e. The van der Waals surface area contributed by atoms with Gasteiger partial charge in [-0.25, -0.2) is 0 Å². The number of alkyl halides is 3.